The van der Waals surface area contributed by atoms with Crippen molar-refractivity contribution in [3.8, 4) is 10.6 Å². The van der Waals surface area contributed by atoms with E-state index in [1.54, 1.807) is 11.3 Å². The van der Waals surface area contributed by atoms with Crippen LogP contribution >= 0.6 is 11.3 Å². The molecule has 138 valence electrons. The van der Waals surface area contributed by atoms with Gasteiger partial charge in [0.05, 0.1) is 15.8 Å². The highest BCUT2D eigenvalue weighted by Gasteiger charge is 2.13. The zero-order chi connectivity index (χ0) is 19.2. The number of aromatic nitrogens is 4. The SMILES string of the molecule is c1ccc2c(c1)ccc1oc(=Nn3cnnc3)c(-c3nc4ccccc4s3)cc12. The highest BCUT2D eigenvalue weighted by Crippen LogP contribution is 2.32. The molecule has 0 atom stereocenters. The first-order valence-corrected chi connectivity index (χ1v) is 9.88. The third-order valence-corrected chi connectivity index (χ3v) is 5.86. The van der Waals surface area contributed by atoms with E-state index >= 15 is 0 Å². The number of fused-ring (bicyclic) bond motifs is 4. The highest BCUT2D eigenvalue weighted by atomic mass is 32.1. The predicted molar refractivity (Wildman–Crippen MR) is 113 cm³/mol. The van der Waals surface area contributed by atoms with Gasteiger partial charge in [-0.3, -0.25) is 0 Å². The summed E-state index contributed by atoms with van der Waals surface area (Å²) in [6.07, 6.45) is 3.06. The first kappa shape index (κ1) is 16.1. The molecule has 7 heteroatoms. The van der Waals surface area contributed by atoms with Crippen LogP contribution in [0.5, 0.6) is 0 Å². The van der Waals surface area contributed by atoms with Gasteiger partial charge in [0.15, 0.2) is 0 Å². The number of hydrogen-bond acceptors (Lipinski definition) is 6. The Balaban J connectivity index is 1.72. The quantitative estimate of drug-likeness (QED) is 0.394. The van der Waals surface area contributed by atoms with E-state index in [1.165, 1.54) is 17.3 Å². The van der Waals surface area contributed by atoms with Crippen molar-refractivity contribution < 1.29 is 4.42 Å². The molecule has 0 N–H and O–H groups in total. The van der Waals surface area contributed by atoms with Crippen LogP contribution in [0.2, 0.25) is 0 Å². The second-order valence-corrected chi connectivity index (χ2v) is 7.62. The van der Waals surface area contributed by atoms with Crippen LogP contribution in [0.1, 0.15) is 0 Å². The van der Waals surface area contributed by atoms with Crippen LogP contribution in [0.3, 0.4) is 0 Å². The molecule has 0 spiro atoms. The molecule has 6 nitrogen and oxygen atoms in total. The normalized spacial score (nSPS) is 12.3. The minimum absolute atomic E-state index is 0.464. The second-order valence-electron chi connectivity index (χ2n) is 6.59. The zero-order valence-electron chi connectivity index (χ0n) is 15.1. The van der Waals surface area contributed by atoms with Gasteiger partial charge in [-0.15, -0.1) is 26.6 Å². The van der Waals surface area contributed by atoms with E-state index in [-0.39, 0.29) is 0 Å². The van der Waals surface area contributed by atoms with Crippen molar-refractivity contribution in [3.05, 3.63) is 84.9 Å². The van der Waals surface area contributed by atoms with Crippen molar-refractivity contribution >= 4 is 43.3 Å². The summed E-state index contributed by atoms with van der Waals surface area (Å²) in [4.78, 5) is 4.82. The number of rotatable bonds is 2. The van der Waals surface area contributed by atoms with Gasteiger partial charge in [0.1, 0.15) is 23.2 Å². The summed E-state index contributed by atoms with van der Waals surface area (Å²) in [7, 11) is 0. The van der Waals surface area contributed by atoms with Crippen LogP contribution in [-0.4, -0.2) is 19.9 Å². The van der Waals surface area contributed by atoms with Crippen molar-refractivity contribution in [3.63, 3.8) is 0 Å². The molecule has 3 aromatic heterocycles. The van der Waals surface area contributed by atoms with E-state index in [4.69, 9.17) is 9.40 Å². The average Bonchev–Trinajstić information content (AvgIpc) is 3.42. The molecule has 6 rings (SSSR count). The maximum absolute atomic E-state index is 6.25. The first-order valence-electron chi connectivity index (χ1n) is 9.06. The third-order valence-electron chi connectivity index (χ3n) is 4.79. The number of para-hydroxylation sites is 1. The maximum atomic E-state index is 6.25. The third kappa shape index (κ3) is 2.71. The van der Waals surface area contributed by atoms with Gasteiger partial charge in [-0.05, 0) is 35.0 Å². The molecule has 29 heavy (non-hydrogen) atoms. The van der Waals surface area contributed by atoms with Crippen LogP contribution in [0.15, 0.2) is 88.9 Å². The van der Waals surface area contributed by atoms with Gasteiger partial charge in [-0.25, -0.2) is 9.66 Å². The molecule has 0 bridgehead atoms. The summed E-state index contributed by atoms with van der Waals surface area (Å²) in [6.45, 7) is 0. The monoisotopic (exact) mass is 395 g/mol. The molecule has 0 aliphatic rings. The Kier molecular flexibility index (Phi) is 3.54. The Morgan fingerprint density at radius 1 is 0.862 bits per heavy atom. The van der Waals surface area contributed by atoms with Crippen molar-refractivity contribution in [2.45, 2.75) is 0 Å². The van der Waals surface area contributed by atoms with Gasteiger partial charge in [-0.2, -0.15) is 0 Å². The lowest BCUT2D eigenvalue weighted by Crippen LogP contribution is -2.08. The van der Waals surface area contributed by atoms with Gasteiger partial charge in [0.2, 0.25) is 5.55 Å². The van der Waals surface area contributed by atoms with E-state index in [9.17, 15) is 0 Å². The van der Waals surface area contributed by atoms with Crippen LogP contribution < -0.4 is 5.55 Å². The summed E-state index contributed by atoms with van der Waals surface area (Å²) >= 11 is 1.62. The molecule has 3 heterocycles. The van der Waals surface area contributed by atoms with Gasteiger partial charge in [0, 0.05) is 5.39 Å². The lowest BCUT2D eigenvalue weighted by atomic mass is 10.0. The zero-order valence-corrected chi connectivity index (χ0v) is 15.9. The fraction of sp³-hybridized carbons (Fsp3) is 0. The molecular weight excluding hydrogens is 382 g/mol. The molecule has 0 unspecified atom stereocenters. The number of thiazole rings is 1. The van der Waals surface area contributed by atoms with Crippen LogP contribution in [0, 0.1) is 0 Å². The van der Waals surface area contributed by atoms with E-state index in [0.717, 1.165) is 42.5 Å². The largest absolute Gasteiger partial charge is 0.436 e. The molecule has 6 aromatic rings. The maximum Gasteiger partial charge on any atom is 0.247 e. The first-order chi connectivity index (χ1) is 14.3. The van der Waals surface area contributed by atoms with Crippen molar-refractivity contribution in [2.75, 3.05) is 0 Å². The van der Waals surface area contributed by atoms with Crippen LogP contribution in [0.25, 0.3) is 42.5 Å². The summed E-state index contributed by atoms with van der Waals surface area (Å²) in [6, 6.07) is 22.5. The van der Waals surface area contributed by atoms with Crippen molar-refractivity contribution in [1.82, 2.24) is 19.9 Å². The molecule has 0 radical (unpaired) electrons. The Morgan fingerprint density at radius 3 is 2.59 bits per heavy atom. The minimum atomic E-state index is 0.464. The predicted octanol–water partition coefficient (Wildman–Crippen LogP) is 4.82. The molecule has 0 saturated heterocycles. The van der Waals surface area contributed by atoms with E-state index in [1.807, 2.05) is 36.4 Å². The molecule has 0 aliphatic carbocycles. The standard InChI is InChI=1S/C22H13N5OS/c1-2-6-15-14(5-1)9-10-19-16(15)11-17(21(28-19)26-27-12-23-24-13-27)22-25-18-7-3-4-8-20(18)29-22/h1-13H. The second kappa shape index (κ2) is 6.35. The van der Waals surface area contributed by atoms with E-state index in [2.05, 4.69) is 45.6 Å². The fourth-order valence-electron chi connectivity index (χ4n) is 3.45. The molecule has 0 saturated carbocycles. The Morgan fingerprint density at radius 2 is 1.69 bits per heavy atom. The number of benzene rings is 3. The van der Waals surface area contributed by atoms with Gasteiger partial charge >= 0.3 is 0 Å². The van der Waals surface area contributed by atoms with Crippen LogP contribution in [-0.2, 0) is 0 Å². The minimum Gasteiger partial charge on any atom is -0.436 e. The Hall–Kier alpha value is -3.84. The summed E-state index contributed by atoms with van der Waals surface area (Å²) in [5, 5.41) is 16.4. The van der Waals surface area contributed by atoms with Crippen molar-refractivity contribution in [2.24, 2.45) is 5.10 Å². The van der Waals surface area contributed by atoms with Gasteiger partial charge < -0.3 is 4.42 Å². The summed E-state index contributed by atoms with van der Waals surface area (Å²) in [5.41, 5.74) is 3.02. The molecule has 3 aromatic carbocycles. The highest BCUT2D eigenvalue weighted by molar-refractivity contribution is 7.21. The van der Waals surface area contributed by atoms with Gasteiger partial charge in [0.25, 0.3) is 0 Å². The lowest BCUT2D eigenvalue weighted by Gasteiger charge is -2.06. The topological polar surface area (TPSA) is 69.1 Å². The Labute approximate surface area is 168 Å². The van der Waals surface area contributed by atoms with Gasteiger partial charge in [-0.1, -0.05) is 42.5 Å². The van der Waals surface area contributed by atoms with E-state index in [0.29, 0.717) is 5.55 Å². The Bertz CT molecular complexity index is 1530. The fourth-order valence-corrected chi connectivity index (χ4v) is 4.42. The van der Waals surface area contributed by atoms with Crippen molar-refractivity contribution in [1.29, 1.82) is 0 Å². The average molecular weight is 395 g/mol. The molecular formula is C22H13N5OS. The van der Waals surface area contributed by atoms with Crippen LogP contribution in [0.4, 0.5) is 0 Å². The summed E-state index contributed by atoms with van der Waals surface area (Å²) in [5.74, 6) is 0. The summed E-state index contributed by atoms with van der Waals surface area (Å²) < 4.78 is 8.90. The molecule has 0 amide bonds. The van der Waals surface area contributed by atoms with E-state index < -0.39 is 0 Å². The number of hydrogen-bond donors (Lipinski definition) is 0. The number of nitrogens with zero attached hydrogens (tertiary/aromatic N) is 5. The molecule has 0 fully saturated rings. The lowest BCUT2D eigenvalue weighted by molar-refractivity contribution is 0.526. The molecule has 0 aliphatic heterocycles. The smallest absolute Gasteiger partial charge is 0.247 e.